The lowest BCUT2D eigenvalue weighted by Gasteiger charge is -2.32. The Hall–Kier alpha value is -3.04. The summed E-state index contributed by atoms with van der Waals surface area (Å²) in [6.07, 6.45) is 7.87. The highest BCUT2D eigenvalue weighted by atomic mass is 32.1. The first kappa shape index (κ1) is 25.6. The molecule has 0 aliphatic heterocycles. The van der Waals surface area contributed by atoms with Gasteiger partial charge in [-0.3, -0.25) is 9.69 Å². The predicted octanol–water partition coefficient (Wildman–Crippen LogP) is 6.02. The Morgan fingerprint density at radius 3 is 2.78 bits per heavy atom. The first-order valence-electron chi connectivity index (χ1n) is 13.5. The van der Waals surface area contributed by atoms with Crippen molar-refractivity contribution >= 4 is 22.2 Å². The summed E-state index contributed by atoms with van der Waals surface area (Å²) >= 11 is 1.74. The van der Waals surface area contributed by atoms with E-state index in [1.165, 1.54) is 24.1 Å². The van der Waals surface area contributed by atoms with E-state index >= 15 is 0 Å². The average molecular weight is 521 g/mol. The number of thiophene rings is 1. The highest BCUT2D eigenvalue weighted by Gasteiger charge is 2.30. The molecule has 5 rings (SSSR count). The highest BCUT2D eigenvalue weighted by molar-refractivity contribution is 7.09. The number of fused-ring (bicyclic) bond motifs is 1. The van der Waals surface area contributed by atoms with E-state index in [1.807, 2.05) is 31.2 Å². The van der Waals surface area contributed by atoms with Crippen molar-refractivity contribution in [2.24, 2.45) is 0 Å². The molecule has 1 saturated carbocycles. The Balaban J connectivity index is 1.52. The Labute approximate surface area is 221 Å². The van der Waals surface area contributed by atoms with E-state index in [9.17, 15) is 4.79 Å². The van der Waals surface area contributed by atoms with Crippen LogP contribution in [-0.2, 0) is 13.1 Å². The third-order valence-electron chi connectivity index (χ3n) is 7.26. The third-order valence-corrected chi connectivity index (χ3v) is 8.12. The van der Waals surface area contributed by atoms with Crippen molar-refractivity contribution in [2.45, 2.75) is 84.0 Å². The molecule has 0 bridgehead atoms. The van der Waals surface area contributed by atoms with Crippen molar-refractivity contribution in [1.29, 1.82) is 0 Å². The molecule has 0 radical (unpaired) electrons. The maximum atomic E-state index is 13.2. The second kappa shape index (κ2) is 12.0. The van der Waals surface area contributed by atoms with E-state index < -0.39 is 0 Å². The molecule has 1 N–H and O–H groups in total. The van der Waals surface area contributed by atoms with Crippen molar-refractivity contribution in [3.05, 3.63) is 68.4 Å². The summed E-state index contributed by atoms with van der Waals surface area (Å²) < 4.78 is 7.78. The molecule has 0 amide bonds. The Kier molecular flexibility index (Phi) is 8.31. The molecule has 1 aliphatic rings. The van der Waals surface area contributed by atoms with Gasteiger partial charge in [0.2, 0.25) is 0 Å². The summed E-state index contributed by atoms with van der Waals surface area (Å²) in [5.74, 6) is 1.72. The minimum absolute atomic E-state index is 0.00822. The van der Waals surface area contributed by atoms with Crippen molar-refractivity contribution in [3.8, 4) is 5.75 Å². The molecule has 3 aromatic heterocycles. The van der Waals surface area contributed by atoms with E-state index in [4.69, 9.17) is 4.74 Å². The van der Waals surface area contributed by atoms with Gasteiger partial charge >= 0.3 is 0 Å². The molecule has 1 aliphatic carbocycles. The average Bonchev–Trinajstić information content (AvgIpc) is 3.61. The maximum absolute atomic E-state index is 13.2. The molecule has 0 unspecified atom stereocenters. The smallest absolute Gasteiger partial charge is 0.252 e. The summed E-state index contributed by atoms with van der Waals surface area (Å²) in [5, 5.41) is 16.2. The summed E-state index contributed by atoms with van der Waals surface area (Å²) in [5.41, 5.74) is 1.49. The van der Waals surface area contributed by atoms with Crippen LogP contribution in [0.15, 0.2) is 46.6 Å². The molecule has 1 atom stereocenters. The largest absolute Gasteiger partial charge is 0.494 e. The highest BCUT2D eigenvalue weighted by Crippen LogP contribution is 2.34. The first-order valence-corrected chi connectivity index (χ1v) is 14.4. The molecule has 1 fully saturated rings. The van der Waals surface area contributed by atoms with Crippen LogP contribution in [0.2, 0.25) is 0 Å². The number of ether oxygens (including phenoxy) is 1. The molecule has 37 heavy (non-hydrogen) atoms. The fourth-order valence-corrected chi connectivity index (χ4v) is 6.19. The Morgan fingerprint density at radius 1 is 1.16 bits per heavy atom. The van der Waals surface area contributed by atoms with Crippen LogP contribution in [0, 0.1) is 0 Å². The van der Waals surface area contributed by atoms with Gasteiger partial charge in [-0.15, -0.1) is 16.4 Å². The molecule has 1 aromatic carbocycles. The first-order chi connectivity index (χ1) is 18.2. The topological polar surface area (TPSA) is 88.9 Å². The van der Waals surface area contributed by atoms with Crippen LogP contribution in [0.4, 0.5) is 0 Å². The van der Waals surface area contributed by atoms with E-state index in [0.717, 1.165) is 60.3 Å². The van der Waals surface area contributed by atoms with E-state index in [-0.39, 0.29) is 11.6 Å². The fourth-order valence-electron chi connectivity index (χ4n) is 5.46. The lowest BCUT2D eigenvalue weighted by Crippen LogP contribution is -2.33. The number of aromatic nitrogens is 5. The van der Waals surface area contributed by atoms with E-state index in [0.29, 0.717) is 19.2 Å². The molecule has 0 saturated heterocycles. The van der Waals surface area contributed by atoms with Crippen LogP contribution in [0.3, 0.4) is 0 Å². The van der Waals surface area contributed by atoms with Crippen LogP contribution < -0.4 is 10.3 Å². The number of nitrogens with zero attached hydrogens (tertiary/aromatic N) is 5. The van der Waals surface area contributed by atoms with Crippen LogP contribution in [0.5, 0.6) is 5.75 Å². The third kappa shape index (κ3) is 5.93. The summed E-state index contributed by atoms with van der Waals surface area (Å²) in [7, 11) is 0. The van der Waals surface area contributed by atoms with Crippen molar-refractivity contribution in [1.82, 2.24) is 30.1 Å². The van der Waals surface area contributed by atoms with Gasteiger partial charge in [-0.25, -0.2) is 4.68 Å². The molecule has 9 heteroatoms. The zero-order valence-corrected chi connectivity index (χ0v) is 22.5. The van der Waals surface area contributed by atoms with Gasteiger partial charge in [0.1, 0.15) is 5.75 Å². The molecular formula is C28H36N6O2S. The maximum Gasteiger partial charge on any atom is 0.252 e. The SMILES string of the molecule is CCC[C@H](c1nnnn1C1CCCCC1)N(Cc1cccs1)Cc1cc2cc(OCC)ccc2[nH]c1=O. The van der Waals surface area contributed by atoms with Gasteiger partial charge in [0.25, 0.3) is 5.56 Å². The normalized spacial score (nSPS) is 15.4. The standard InChI is InChI=1S/C28H36N6O2S/c1-3-9-26(27-30-31-32-34(27)22-10-6-5-7-11-22)33(19-24-12-8-15-37-24)18-21-16-20-17-23(36-4-2)13-14-25(20)29-28(21)35/h8,12-17,22,26H,3-7,9-11,18-19H2,1-2H3,(H,29,35)/t26-/m1/s1. The monoisotopic (exact) mass is 520 g/mol. The number of nitrogens with one attached hydrogen (secondary N) is 1. The number of tetrazole rings is 1. The van der Waals surface area contributed by atoms with Crippen LogP contribution in [0.1, 0.15) is 87.1 Å². The van der Waals surface area contributed by atoms with Crippen molar-refractivity contribution in [3.63, 3.8) is 0 Å². The van der Waals surface area contributed by atoms with Gasteiger partial charge in [0, 0.05) is 34.4 Å². The number of benzene rings is 1. The number of pyridine rings is 1. The molecule has 196 valence electrons. The molecule has 8 nitrogen and oxygen atoms in total. The minimum Gasteiger partial charge on any atom is -0.494 e. The van der Waals surface area contributed by atoms with Crippen LogP contribution in [-0.4, -0.2) is 36.7 Å². The number of aromatic amines is 1. The number of hydrogen-bond donors (Lipinski definition) is 1. The summed E-state index contributed by atoms with van der Waals surface area (Å²) in [6, 6.07) is 12.4. The number of H-pyrrole nitrogens is 1. The quantitative estimate of drug-likeness (QED) is 0.260. The second-order valence-corrected chi connectivity index (χ2v) is 10.9. The van der Waals surface area contributed by atoms with Gasteiger partial charge in [-0.1, -0.05) is 38.7 Å². The van der Waals surface area contributed by atoms with Crippen LogP contribution >= 0.6 is 11.3 Å². The van der Waals surface area contributed by atoms with Crippen molar-refractivity contribution < 1.29 is 4.74 Å². The van der Waals surface area contributed by atoms with E-state index in [2.05, 4.69) is 54.5 Å². The summed E-state index contributed by atoms with van der Waals surface area (Å²) in [6.45, 7) is 6.01. The minimum atomic E-state index is -0.0602. The lowest BCUT2D eigenvalue weighted by atomic mass is 9.95. The Morgan fingerprint density at radius 2 is 2.03 bits per heavy atom. The van der Waals surface area contributed by atoms with Crippen LogP contribution in [0.25, 0.3) is 10.9 Å². The molecule has 4 aromatic rings. The second-order valence-electron chi connectivity index (χ2n) is 9.87. The summed E-state index contributed by atoms with van der Waals surface area (Å²) in [4.78, 5) is 19.9. The Bertz CT molecular complexity index is 1340. The van der Waals surface area contributed by atoms with Gasteiger partial charge < -0.3 is 9.72 Å². The fraction of sp³-hybridized carbons (Fsp3) is 0.500. The molecule has 3 heterocycles. The van der Waals surface area contributed by atoms with Gasteiger partial charge in [-0.2, -0.15) is 0 Å². The predicted molar refractivity (Wildman–Crippen MR) is 147 cm³/mol. The molecule has 0 spiro atoms. The lowest BCUT2D eigenvalue weighted by molar-refractivity contribution is 0.151. The van der Waals surface area contributed by atoms with Crippen molar-refractivity contribution in [2.75, 3.05) is 6.61 Å². The zero-order valence-electron chi connectivity index (χ0n) is 21.7. The zero-order chi connectivity index (χ0) is 25.6. The van der Waals surface area contributed by atoms with E-state index in [1.54, 1.807) is 11.3 Å². The van der Waals surface area contributed by atoms with Gasteiger partial charge in [-0.05, 0) is 72.3 Å². The van der Waals surface area contributed by atoms with Gasteiger partial charge in [0.15, 0.2) is 5.82 Å². The molecular weight excluding hydrogens is 484 g/mol. The number of rotatable bonds is 11. The van der Waals surface area contributed by atoms with Gasteiger partial charge in [0.05, 0.1) is 18.7 Å². The number of hydrogen-bond acceptors (Lipinski definition) is 7.